The number of hydrogen-bond acceptors (Lipinski definition) is 5. The average Bonchev–Trinajstić information content (AvgIpc) is 2.82. The van der Waals surface area contributed by atoms with Crippen LogP contribution >= 0.6 is 0 Å². The average molecular weight is 430 g/mol. The molecule has 1 aliphatic rings. The van der Waals surface area contributed by atoms with Crippen molar-refractivity contribution in [1.82, 2.24) is 9.97 Å². The van der Waals surface area contributed by atoms with E-state index in [0.717, 1.165) is 54.4 Å². The third-order valence-electron chi connectivity index (χ3n) is 6.27. The van der Waals surface area contributed by atoms with Gasteiger partial charge in [-0.1, -0.05) is 67.4 Å². The van der Waals surface area contributed by atoms with Gasteiger partial charge in [-0.25, -0.2) is 9.97 Å². The maximum atomic E-state index is 12.7. The summed E-state index contributed by atoms with van der Waals surface area (Å²) in [7, 11) is 1.45. The number of hydrogen-bond donors (Lipinski definition) is 0. The van der Waals surface area contributed by atoms with Gasteiger partial charge in [0.25, 0.3) is 0 Å². The number of nitrogens with zero attached hydrogens (tertiary/aromatic N) is 3. The molecule has 5 nitrogen and oxygen atoms in total. The van der Waals surface area contributed by atoms with E-state index in [1.165, 1.54) is 23.8 Å². The highest BCUT2D eigenvalue weighted by molar-refractivity contribution is 5.82. The van der Waals surface area contributed by atoms with Crippen LogP contribution in [0.5, 0.6) is 0 Å². The minimum absolute atomic E-state index is 0.230. The van der Waals surface area contributed by atoms with Crippen LogP contribution in [0.15, 0.2) is 48.5 Å². The minimum Gasteiger partial charge on any atom is -0.469 e. The number of carbonyl (C=O) groups excluding carboxylic acids is 1. The Labute approximate surface area is 190 Å². The molecule has 1 unspecified atom stereocenters. The van der Waals surface area contributed by atoms with E-state index in [9.17, 15) is 4.79 Å². The number of esters is 1. The van der Waals surface area contributed by atoms with Crippen LogP contribution in [0, 0.1) is 13.8 Å². The summed E-state index contributed by atoms with van der Waals surface area (Å²) < 4.78 is 5.17. The third-order valence-corrected chi connectivity index (χ3v) is 6.27. The zero-order valence-corrected chi connectivity index (χ0v) is 19.4. The highest BCUT2D eigenvalue weighted by atomic mass is 16.5. The van der Waals surface area contributed by atoms with Crippen LogP contribution in [0.25, 0.3) is 11.3 Å². The lowest BCUT2D eigenvalue weighted by molar-refractivity contribution is -0.142. The Bertz CT molecular complexity index is 1110. The van der Waals surface area contributed by atoms with Gasteiger partial charge >= 0.3 is 5.97 Å². The molecule has 2 aromatic carbocycles. The summed E-state index contributed by atoms with van der Waals surface area (Å²) in [5.41, 5.74) is 7.45. The standard InChI is InChI=1S/C27H31N3O2/c1-5-8-23(26(31)32-4)24-19(3)28-27(29-25(24)21-13-11-18(2)12-14-21)30-16-15-20-9-6-7-10-22(20)17-30/h6-7,9-14,23H,5,8,15-17H2,1-4H3. The second-order valence-corrected chi connectivity index (χ2v) is 8.54. The highest BCUT2D eigenvalue weighted by Gasteiger charge is 2.29. The first-order chi connectivity index (χ1) is 15.5. The molecule has 1 atom stereocenters. The van der Waals surface area contributed by atoms with E-state index in [1.54, 1.807) is 0 Å². The molecule has 32 heavy (non-hydrogen) atoms. The number of benzene rings is 2. The molecule has 0 fully saturated rings. The first kappa shape index (κ1) is 22.0. The number of rotatable bonds is 6. The van der Waals surface area contributed by atoms with Gasteiger partial charge in [0.2, 0.25) is 5.95 Å². The number of fused-ring (bicyclic) bond motifs is 1. The van der Waals surface area contributed by atoms with E-state index < -0.39 is 0 Å². The highest BCUT2D eigenvalue weighted by Crippen LogP contribution is 2.35. The van der Waals surface area contributed by atoms with Crippen molar-refractivity contribution < 1.29 is 9.53 Å². The molecule has 0 spiro atoms. The fourth-order valence-corrected chi connectivity index (χ4v) is 4.53. The number of ether oxygens (including phenoxy) is 1. The molecule has 0 bridgehead atoms. The Kier molecular flexibility index (Phi) is 6.54. The Morgan fingerprint density at radius 1 is 1.06 bits per heavy atom. The first-order valence-electron chi connectivity index (χ1n) is 11.4. The summed E-state index contributed by atoms with van der Waals surface area (Å²) in [4.78, 5) is 24.9. The summed E-state index contributed by atoms with van der Waals surface area (Å²) in [6, 6.07) is 16.9. The minimum atomic E-state index is -0.377. The van der Waals surface area contributed by atoms with Crippen molar-refractivity contribution in [3.05, 3.63) is 76.5 Å². The molecule has 0 saturated heterocycles. The van der Waals surface area contributed by atoms with E-state index in [4.69, 9.17) is 14.7 Å². The number of carbonyl (C=O) groups is 1. The molecule has 166 valence electrons. The summed E-state index contributed by atoms with van der Waals surface area (Å²) in [5, 5.41) is 0. The molecule has 0 radical (unpaired) electrons. The van der Waals surface area contributed by atoms with Gasteiger partial charge in [-0.2, -0.15) is 0 Å². The topological polar surface area (TPSA) is 55.3 Å². The lowest BCUT2D eigenvalue weighted by Gasteiger charge is -2.30. The lowest BCUT2D eigenvalue weighted by Crippen LogP contribution is -2.32. The largest absolute Gasteiger partial charge is 0.469 e. The van der Waals surface area contributed by atoms with Gasteiger partial charge in [0.05, 0.1) is 18.7 Å². The summed E-state index contributed by atoms with van der Waals surface area (Å²) in [5.74, 6) is 0.112. The lowest BCUT2D eigenvalue weighted by atomic mass is 9.89. The Balaban J connectivity index is 1.83. The normalized spacial score (nSPS) is 14.1. The van der Waals surface area contributed by atoms with Gasteiger partial charge in [0.15, 0.2) is 0 Å². The van der Waals surface area contributed by atoms with Gasteiger partial charge in [-0.15, -0.1) is 0 Å². The monoisotopic (exact) mass is 429 g/mol. The van der Waals surface area contributed by atoms with Gasteiger partial charge in [-0.05, 0) is 37.8 Å². The number of aromatic nitrogens is 2. The van der Waals surface area contributed by atoms with Crippen molar-refractivity contribution in [2.45, 2.75) is 52.5 Å². The summed E-state index contributed by atoms with van der Waals surface area (Å²) >= 11 is 0. The smallest absolute Gasteiger partial charge is 0.313 e. The molecular formula is C27H31N3O2. The Morgan fingerprint density at radius 2 is 1.78 bits per heavy atom. The van der Waals surface area contributed by atoms with E-state index >= 15 is 0 Å². The number of methoxy groups -OCH3 is 1. The molecule has 0 saturated carbocycles. The predicted molar refractivity (Wildman–Crippen MR) is 128 cm³/mol. The zero-order chi connectivity index (χ0) is 22.7. The molecule has 2 heterocycles. The molecule has 0 amide bonds. The molecule has 4 rings (SSSR count). The van der Waals surface area contributed by atoms with Crippen LogP contribution in [0.4, 0.5) is 5.95 Å². The molecule has 5 heteroatoms. The van der Waals surface area contributed by atoms with Crippen molar-refractivity contribution in [2.24, 2.45) is 0 Å². The predicted octanol–water partition coefficient (Wildman–Crippen LogP) is 5.38. The van der Waals surface area contributed by atoms with E-state index in [2.05, 4.69) is 67.3 Å². The zero-order valence-electron chi connectivity index (χ0n) is 19.4. The van der Waals surface area contributed by atoms with Crippen molar-refractivity contribution in [3.8, 4) is 11.3 Å². The molecule has 1 aromatic heterocycles. The SMILES string of the molecule is CCCC(C(=O)OC)c1c(C)nc(N2CCc3ccccc3C2)nc1-c1ccc(C)cc1. The van der Waals surface area contributed by atoms with E-state index in [0.29, 0.717) is 6.42 Å². The van der Waals surface area contributed by atoms with Gasteiger partial charge < -0.3 is 9.64 Å². The third kappa shape index (κ3) is 4.38. The van der Waals surface area contributed by atoms with E-state index in [-0.39, 0.29) is 11.9 Å². The second kappa shape index (κ2) is 9.51. The van der Waals surface area contributed by atoms with Crippen LogP contribution in [0.3, 0.4) is 0 Å². The Morgan fingerprint density at radius 3 is 2.47 bits per heavy atom. The fraction of sp³-hybridized carbons (Fsp3) is 0.370. The van der Waals surface area contributed by atoms with Crippen LogP contribution in [-0.2, 0) is 22.5 Å². The second-order valence-electron chi connectivity index (χ2n) is 8.54. The first-order valence-corrected chi connectivity index (χ1v) is 11.4. The van der Waals surface area contributed by atoms with Crippen molar-refractivity contribution in [3.63, 3.8) is 0 Å². The van der Waals surface area contributed by atoms with Gasteiger partial charge in [0.1, 0.15) is 0 Å². The van der Waals surface area contributed by atoms with Gasteiger partial charge in [-0.3, -0.25) is 4.79 Å². The quantitative estimate of drug-likeness (QED) is 0.493. The van der Waals surface area contributed by atoms with Crippen LogP contribution in [0.1, 0.15) is 53.6 Å². The van der Waals surface area contributed by atoms with Crippen LogP contribution in [0.2, 0.25) is 0 Å². The molecule has 3 aromatic rings. The maximum absolute atomic E-state index is 12.7. The summed E-state index contributed by atoms with van der Waals surface area (Å²) in [6.07, 6.45) is 2.55. The van der Waals surface area contributed by atoms with Crippen molar-refractivity contribution in [2.75, 3.05) is 18.6 Å². The number of anilines is 1. The molecule has 0 aliphatic carbocycles. The van der Waals surface area contributed by atoms with Crippen LogP contribution < -0.4 is 4.90 Å². The molecule has 1 aliphatic heterocycles. The van der Waals surface area contributed by atoms with Gasteiger partial charge in [0, 0.05) is 29.9 Å². The maximum Gasteiger partial charge on any atom is 0.313 e. The van der Waals surface area contributed by atoms with Crippen LogP contribution in [-0.4, -0.2) is 29.6 Å². The van der Waals surface area contributed by atoms with Crippen molar-refractivity contribution >= 4 is 11.9 Å². The van der Waals surface area contributed by atoms with E-state index in [1.807, 2.05) is 6.92 Å². The number of aryl methyl sites for hydroxylation is 2. The van der Waals surface area contributed by atoms with Crippen molar-refractivity contribution in [1.29, 1.82) is 0 Å². The Hall–Kier alpha value is -3.21. The molecule has 0 N–H and O–H groups in total. The molecular weight excluding hydrogens is 398 g/mol. The fourth-order valence-electron chi connectivity index (χ4n) is 4.53. The summed E-state index contributed by atoms with van der Waals surface area (Å²) in [6.45, 7) is 7.80.